The summed E-state index contributed by atoms with van der Waals surface area (Å²) in [5.41, 5.74) is 2.19. The Balaban J connectivity index is 2.18. The van der Waals surface area contributed by atoms with Crippen molar-refractivity contribution in [1.29, 1.82) is 0 Å². The van der Waals surface area contributed by atoms with E-state index in [1.807, 2.05) is 54.3 Å². The lowest BCUT2D eigenvalue weighted by atomic mass is 10.1. The Morgan fingerprint density at radius 3 is 2.56 bits per heavy atom. The Morgan fingerprint density at radius 1 is 1.31 bits per heavy atom. The molecule has 0 aliphatic rings. The van der Waals surface area contributed by atoms with E-state index in [9.17, 15) is 4.79 Å². The van der Waals surface area contributed by atoms with Crippen LogP contribution < -0.4 is 4.57 Å². The third-order valence-corrected chi connectivity index (χ3v) is 3.80. The number of aryl methyl sites for hydroxylation is 1. The van der Waals surface area contributed by atoms with Gasteiger partial charge in [-0.3, -0.25) is 4.79 Å². The van der Waals surface area contributed by atoms with Crippen LogP contribution in [0.3, 0.4) is 0 Å². The van der Waals surface area contributed by atoms with Crippen molar-refractivity contribution < 1.29 is 9.36 Å². The third-order valence-electron chi connectivity index (χ3n) is 2.62. The van der Waals surface area contributed by atoms with Crippen LogP contribution in [0, 0.1) is 6.92 Å². The largest absolute Gasteiger partial charge is 0.305 e. The predicted molar refractivity (Wildman–Crippen MR) is 64.7 cm³/mol. The van der Waals surface area contributed by atoms with Crippen LogP contribution >= 0.6 is 11.3 Å². The Hall–Kier alpha value is -1.48. The van der Waals surface area contributed by atoms with Crippen molar-refractivity contribution in [1.82, 2.24) is 0 Å². The molecule has 0 saturated carbocycles. The summed E-state index contributed by atoms with van der Waals surface area (Å²) in [6, 6.07) is 9.85. The number of ketones is 1. The second kappa shape index (κ2) is 4.58. The van der Waals surface area contributed by atoms with Gasteiger partial charge in [-0.2, -0.15) is 4.57 Å². The second-order valence-corrected chi connectivity index (χ2v) is 4.68. The van der Waals surface area contributed by atoms with Crippen LogP contribution in [0.2, 0.25) is 0 Å². The molecule has 0 amide bonds. The van der Waals surface area contributed by atoms with Gasteiger partial charge in [0.1, 0.15) is 7.05 Å². The quantitative estimate of drug-likeness (QED) is 0.587. The van der Waals surface area contributed by atoms with Crippen molar-refractivity contribution in [3.05, 3.63) is 52.0 Å². The third kappa shape index (κ3) is 2.19. The number of carbonyl (C=O) groups excluding carboxylic acids is 1. The fourth-order valence-corrected chi connectivity index (χ4v) is 2.52. The van der Waals surface area contributed by atoms with E-state index in [0.717, 1.165) is 16.3 Å². The molecule has 2 rings (SSSR count). The lowest BCUT2D eigenvalue weighted by Gasteiger charge is -1.96. The summed E-state index contributed by atoms with van der Waals surface area (Å²) in [6.07, 6.45) is 0.481. The summed E-state index contributed by atoms with van der Waals surface area (Å²) in [4.78, 5) is 12.0. The van der Waals surface area contributed by atoms with Crippen molar-refractivity contribution in [3.63, 3.8) is 0 Å². The molecule has 0 aliphatic carbocycles. The molecule has 1 heterocycles. The molecule has 0 atom stereocenters. The van der Waals surface area contributed by atoms with Gasteiger partial charge in [0.15, 0.2) is 5.69 Å². The molecule has 0 fully saturated rings. The van der Waals surface area contributed by atoms with E-state index in [0.29, 0.717) is 6.42 Å². The van der Waals surface area contributed by atoms with Crippen molar-refractivity contribution in [2.45, 2.75) is 13.3 Å². The monoisotopic (exact) mass is 232 g/mol. The number of thiazole rings is 1. The molecule has 16 heavy (non-hydrogen) atoms. The maximum absolute atomic E-state index is 12.0. The topological polar surface area (TPSA) is 20.9 Å². The molecule has 0 radical (unpaired) electrons. The van der Waals surface area contributed by atoms with Crippen molar-refractivity contribution >= 4 is 17.1 Å². The minimum atomic E-state index is 0.187. The van der Waals surface area contributed by atoms with Crippen LogP contribution in [0.15, 0.2) is 35.7 Å². The van der Waals surface area contributed by atoms with Gasteiger partial charge in [0, 0.05) is 13.3 Å². The van der Waals surface area contributed by atoms with Gasteiger partial charge in [0.05, 0.1) is 5.38 Å². The van der Waals surface area contributed by atoms with Crippen LogP contribution in [-0.4, -0.2) is 5.78 Å². The van der Waals surface area contributed by atoms with Gasteiger partial charge in [-0.15, -0.1) is 0 Å². The highest BCUT2D eigenvalue weighted by atomic mass is 32.1. The van der Waals surface area contributed by atoms with Crippen LogP contribution in [0.4, 0.5) is 0 Å². The first-order chi connectivity index (χ1) is 7.68. The number of hydrogen-bond acceptors (Lipinski definition) is 2. The summed E-state index contributed by atoms with van der Waals surface area (Å²) in [5, 5.41) is 2.83. The van der Waals surface area contributed by atoms with Crippen LogP contribution in [0.5, 0.6) is 0 Å². The molecular weight excluding hydrogens is 218 g/mol. The zero-order valence-electron chi connectivity index (χ0n) is 9.43. The van der Waals surface area contributed by atoms with E-state index in [4.69, 9.17) is 0 Å². The van der Waals surface area contributed by atoms with E-state index in [2.05, 4.69) is 0 Å². The first-order valence-electron chi connectivity index (χ1n) is 5.19. The fraction of sp³-hybridized carbons (Fsp3) is 0.231. The minimum Gasteiger partial charge on any atom is -0.286 e. The number of carbonyl (C=O) groups is 1. The molecule has 1 aromatic carbocycles. The molecule has 0 bridgehead atoms. The summed E-state index contributed by atoms with van der Waals surface area (Å²) in [5.74, 6) is 0.187. The van der Waals surface area contributed by atoms with Crippen LogP contribution in [0.25, 0.3) is 0 Å². The molecule has 0 N–H and O–H groups in total. The summed E-state index contributed by atoms with van der Waals surface area (Å²) in [7, 11) is 1.93. The van der Waals surface area contributed by atoms with E-state index < -0.39 is 0 Å². The van der Waals surface area contributed by atoms with Gasteiger partial charge in [-0.1, -0.05) is 41.7 Å². The van der Waals surface area contributed by atoms with E-state index in [-0.39, 0.29) is 5.78 Å². The zero-order valence-corrected chi connectivity index (χ0v) is 10.3. The Bertz CT molecular complexity index is 502. The van der Waals surface area contributed by atoms with Crippen molar-refractivity contribution in [2.75, 3.05) is 0 Å². The highest BCUT2D eigenvalue weighted by molar-refractivity contribution is 7.11. The maximum atomic E-state index is 12.0. The molecule has 0 aliphatic heterocycles. The highest BCUT2D eigenvalue weighted by Gasteiger charge is 2.21. The van der Waals surface area contributed by atoms with Gasteiger partial charge in [-0.05, 0) is 5.56 Å². The standard InChI is InChI=1S/C13H14NOS/c1-10-9-16-13(14(10)2)12(15)8-11-6-4-3-5-7-11/h3-7,9H,8H2,1-2H3/q+1. The van der Waals surface area contributed by atoms with Gasteiger partial charge in [0.25, 0.3) is 0 Å². The van der Waals surface area contributed by atoms with Gasteiger partial charge >= 0.3 is 5.01 Å². The van der Waals surface area contributed by atoms with Crippen molar-refractivity contribution in [2.24, 2.45) is 7.05 Å². The van der Waals surface area contributed by atoms with Gasteiger partial charge < -0.3 is 0 Å². The van der Waals surface area contributed by atoms with Crippen LogP contribution in [0.1, 0.15) is 21.1 Å². The second-order valence-electron chi connectivity index (χ2n) is 3.83. The number of aromatic nitrogens is 1. The normalized spacial score (nSPS) is 10.4. The molecule has 82 valence electrons. The average Bonchev–Trinajstić information content (AvgIpc) is 2.61. The lowest BCUT2D eigenvalue weighted by Crippen LogP contribution is -2.35. The summed E-state index contributed by atoms with van der Waals surface area (Å²) >= 11 is 1.52. The van der Waals surface area contributed by atoms with E-state index in [1.165, 1.54) is 11.3 Å². The Kier molecular flexibility index (Phi) is 3.15. The number of nitrogens with zero attached hydrogens (tertiary/aromatic N) is 1. The molecular formula is C13H14NOS+. The number of hydrogen-bond donors (Lipinski definition) is 0. The Morgan fingerprint density at radius 2 is 2.00 bits per heavy atom. The van der Waals surface area contributed by atoms with Crippen LogP contribution in [-0.2, 0) is 13.5 Å². The first-order valence-corrected chi connectivity index (χ1v) is 6.07. The molecule has 3 heteroatoms. The first kappa shape index (κ1) is 11.0. The molecule has 2 aromatic rings. The Labute approximate surface area is 99.2 Å². The van der Waals surface area contributed by atoms with Gasteiger partial charge in [0.2, 0.25) is 5.78 Å². The number of rotatable bonds is 3. The van der Waals surface area contributed by atoms with E-state index in [1.54, 1.807) is 0 Å². The molecule has 0 saturated heterocycles. The van der Waals surface area contributed by atoms with E-state index >= 15 is 0 Å². The van der Waals surface area contributed by atoms with Gasteiger partial charge in [-0.25, -0.2) is 0 Å². The molecule has 0 spiro atoms. The smallest absolute Gasteiger partial charge is 0.286 e. The zero-order chi connectivity index (χ0) is 11.5. The molecule has 1 aromatic heterocycles. The highest BCUT2D eigenvalue weighted by Crippen LogP contribution is 2.10. The molecule has 0 unspecified atom stereocenters. The fourth-order valence-electron chi connectivity index (χ4n) is 1.57. The summed E-state index contributed by atoms with van der Waals surface area (Å²) in [6.45, 7) is 2.01. The van der Waals surface area contributed by atoms with Crippen molar-refractivity contribution in [3.8, 4) is 0 Å². The lowest BCUT2D eigenvalue weighted by molar-refractivity contribution is -0.674. The maximum Gasteiger partial charge on any atom is 0.305 e. The SMILES string of the molecule is Cc1csc(C(=O)Cc2ccccc2)[n+]1C. The predicted octanol–water partition coefficient (Wildman–Crippen LogP) is 2.31. The minimum absolute atomic E-state index is 0.187. The molecule has 2 nitrogen and oxygen atoms in total. The number of Topliss-reactive ketones (excluding diaryl/α,β-unsaturated/α-hetero) is 1. The number of benzene rings is 1. The summed E-state index contributed by atoms with van der Waals surface area (Å²) < 4.78 is 1.95. The average molecular weight is 232 g/mol.